The summed E-state index contributed by atoms with van der Waals surface area (Å²) in [5.74, 6) is -0.957. The Labute approximate surface area is 99.5 Å². The van der Waals surface area contributed by atoms with Gasteiger partial charge in [0.15, 0.2) is 0 Å². The van der Waals surface area contributed by atoms with Crippen LogP contribution in [-0.2, 0) is 21.2 Å². The summed E-state index contributed by atoms with van der Waals surface area (Å²) in [6.07, 6.45) is -0.128. The number of carbonyl (C=O) groups is 1. The zero-order valence-electron chi connectivity index (χ0n) is 9.09. The molecular formula is C10H14N2O4S. The molecule has 0 aromatic heterocycles. The van der Waals surface area contributed by atoms with E-state index in [-0.39, 0.29) is 24.4 Å². The summed E-state index contributed by atoms with van der Waals surface area (Å²) in [5.41, 5.74) is 5.75. The lowest BCUT2D eigenvalue weighted by Gasteiger charge is -2.05. The van der Waals surface area contributed by atoms with Crippen molar-refractivity contribution >= 4 is 16.0 Å². The second-order valence-corrected chi connectivity index (χ2v) is 5.17. The third kappa shape index (κ3) is 4.14. The highest BCUT2D eigenvalue weighted by molar-refractivity contribution is 7.89. The molecule has 0 atom stereocenters. The van der Waals surface area contributed by atoms with Gasteiger partial charge in [0.1, 0.15) is 0 Å². The summed E-state index contributed by atoms with van der Waals surface area (Å²) in [6, 6.07) is 5.70. The fourth-order valence-corrected chi connectivity index (χ4v) is 2.29. The zero-order chi connectivity index (χ0) is 12.9. The molecule has 0 aliphatic heterocycles. The van der Waals surface area contributed by atoms with Crippen LogP contribution in [0.2, 0.25) is 0 Å². The third-order valence-corrected chi connectivity index (χ3v) is 3.50. The minimum Gasteiger partial charge on any atom is -0.481 e. The van der Waals surface area contributed by atoms with E-state index in [1.807, 2.05) is 0 Å². The monoisotopic (exact) mass is 258 g/mol. The van der Waals surface area contributed by atoms with Crippen LogP contribution in [0.4, 0.5) is 0 Å². The molecule has 0 unspecified atom stereocenters. The Morgan fingerprint density at radius 1 is 1.29 bits per heavy atom. The number of aliphatic carboxylic acids is 1. The number of nitrogens with two attached hydrogens (primary N) is 1. The van der Waals surface area contributed by atoms with Crippen LogP contribution in [-0.4, -0.2) is 32.6 Å². The van der Waals surface area contributed by atoms with Gasteiger partial charge in [-0.25, -0.2) is 13.1 Å². The molecule has 0 bridgehead atoms. The Bertz CT molecular complexity index is 482. The first-order valence-corrected chi connectivity index (χ1v) is 6.44. The standard InChI is InChI=1S/C10H14N2O4S/c11-5-6-12-17(15,16)9-3-1-8(2-4-9)7-10(13)14/h1-4,12H,5-7,11H2,(H,13,14). The van der Waals surface area contributed by atoms with Crippen LogP contribution >= 0.6 is 0 Å². The van der Waals surface area contributed by atoms with E-state index in [0.29, 0.717) is 5.56 Å². The maximum atomic E-state index is 11.6. The molecule has 0 aliphatic carbocycles. The first-order chi connectivity index (χ1) is 7.95. The van der Waals surface area contributed by atoms with Crippen molar-refractivity contribution in [1.82, 2.24) is 4.72 Å². The molecule has 1 aromatic rings. The SMILES string of the molecule is NCCNS(=O)(=O)c1ccc(CC(=O)O)cc1. The minimum absolute atomic E-state index is 0.0973. The van der Waals surface area contributed by atoms with Crippen molar-refractivity contribution < 1.29 is 18.3 Å². The normalized spacial score (nSPS) is 11.4. The van der Waals surface area contributed by atoms with Crippen molar-refractivity contribution in [1.29, 1.82) is 0 Å². The Morgan fingerprint density at radius 3 is 2.35 bits per heavy atom. The maximum Gasteiger partial charge on any atom is 0.307 e. The van der Waals surface area contributed by atoms with Crippen molar-refractivity contribution in [3.63, 3.8) is 0 Å². The van der Waals surface area contributed by atoms with E-state index < -0.39 is 16.0 Å². The minimum atomic E-state index is -3.55. The van der Waals surface area contributed by atoms with Gasteiger partial charge >= 0.3 is 5.97 Å². The summed E-state index contributed by atoms with van der Waals surface area (Å²) in [7, 11) is -3.55. The van der Waals surface area contributed by atoms with Gasteiger partial charge in [0.2, 0.25) is 10.0 Å². The number of rotatable bonds is 6. The van der Waals surface area contributed by atoms with Crippen LogP contribution in [0.1, 0.15) is 5.56 Å². The Hall–Kier alpha value is -1.44. The maximum absolute atomic E-state index is 11.6. The third-order valence-electron chi connectivity index (χ3n) is 2.03. The summed E-state index contributed by atoms with van der Waals surface area (Å²) in [5, 5.41) is 8.57. The van der Waals surface area contributed by atoms with Crippen molar-refractivity contribution in [2.24, 2.45) is 5.73 Å². The van der Waals surface area contributed by atoms with Crippen LogP contribution in [0.25, 0.3) is 0 Å². The van der Waals surface area contributed by atoms with Gasteiger partial charge in [0.05, 0.1) is 11.3 Å². The lowest BCUT2D eigenvalue weighted by molar-refractivity contribution is -0.136. The molecule has 0 saturated carbocycles. The number of sulfonamides is 1. The van der Waals surface area contributed by atoms with E-state index in [9.17, 15) is 13.2 Å². The highest BCUT2D eigenvalue weighted by atomic mass is 32.2. The molecule has 0 spiro atoms. The molecule has 17 heavy (non-hydrogen) atoms. The van der Waals surface area contributed by atoms with Gasteiger partial charge in [0, 0.05) is 13.1 Å². The number of hydrogen-bond acceptors (Lipinski definition) is 4. The molecule has 4 N–H and O–H groups in total. The zero-order valence-corrected chi connectivity index (χ0v) is 9.90. The average Bonchev–Trinajstić information content (AvgIpc) is 2.26. The molecule has 0 heterocycles. The van der Waals surface area contributed by atoms with Crippen molar-refractivity contribution in [2.45, 2.75) is 11.3 Å². The first-order valence-electron chi connectivity index (χ1n) is 4.96. The lowest BCUT2D eigenvalue weighted by atomic mass is 10.2. The second kappa shape index (κ2) is 5.76. The van der Waals surface area contributed by atoms with Crippen molar-refractivity contribution in [3.8, 4) is 0 Å². The smallest absolute Gasteiger partial charge is 0.307 e. The fourth-order valence-electron chi connectivity index (χ4n) is 1.24. The van der Waals surface area contributed by atoms with Gasteiger partial charge in [0.25, 0.3) is 0 Å². The predicted octanol–water partition coefficient (Wildman–Crippen LogP) is -0.449. The highest BCUT2D eigenvalue weighted by Gasteiger charge is 2.12. The van der Waals surface area contributed by atoms with E-state index in [1.54, 1.807) is 0 Å². The number of nitrogens with one attached hydrogen (secondary N) is 1. The van der Waals surface area contributed by atoms with E-state index in [4.69, 9.17) is 10.8 Å². The Morgan fingerprint density at radius 2 is 1.88 bits per heavy atom. The quantitative estimate of drug-likeness (QED) is 0.640. The topological polar surface area (TPSA) is 109 Å². The molecule has 7 heteroatoms. The summed E-state index contributed by atoms with van der Waals surface area (Å²) < 4.78 is 25.6. The Balaban J connectivity index is 2.83. The van der Waals surface area contributed by atoms with Gasteiger partial charge in [-0.1, -0.05) is 12.1 Å². The van der Waals surface area contributed by atoms with Gasteiger partial charge < -0.3 is 10.8 Å². The summed E-state index contributed by atoms with van der Waals surface area (Å²) in [4.78, 5) is 10.5. The summed E-state index contributed by atoms with van der Waals surface area (Å²) >= 11 is 0. The molecule has 1 aromatic carbocycles. The van der Waals surface area contributed by atoms with Crippen LogP contribution in [0.5, 0.6) is 0 Å². The molecule has 0 fully saturated rings. The number of carboxylic acids is 1. The average molecular weight is 258 g/mol. The van der Waals surface area contributed by atoms with Crippen LogP contribution < -0.4 is 10.5 Å². The fraction of sp³-hybridized carbons (Fsp3) is 0.300. The number of benzene rings is 1. The van der Waals surface area contributed by atoms with E-state index in [0.717, 1.165) is 0 Å². The lowest BCUT2D eigenvalue weighted by Crippen LogP contribution is -2.29. The van der Waals surface area contributed by atoms with E-state index in [2.05, 4.69) is 4.72 Å². The van der Waals surface area contributed by atoms with Gasteiger partial charge in [-0.3, -0.25) is 4.79 Å². The molecule has 0 radical (unpaired) electrons. The molecule has 1 rings (SSSR count). The van der Waals surface area contributed by atoms with Crippen LogP contribution in [0.15, 0.2) is 29.2 Å². The van der Waals surface area contributed by atoms with Crippen LogP contribution in [0, 0.1) is 0 Å². The highest BCUT2D eigenvalue weighted by Crippen LogP contribution is 2.10. The second-order valence-electron chi connectivity index (χ2n) is 3.40. The summed E-state index contributed by atoms with van der Waals surface area (Å²) in [6.45, 7) is 0.384. The number of hydrogen-bond donors (Lipinski definition) is 3. The first kappa shape index (κ1) is 13.6. The predicted molar refractivity (Wildman–Crippen MR) is 62.0 cm³/mol. The van der Waals surface area contributed by atoms with Gasteiger partial charge in [-0.15, -0.1) is 0 Å². The van der Waals surface area contributed by atoms with E-state index in [1.165, 1.54) is 24.3 Å². The number of carboxylic acid groups (broad SMARTS) is 1. The molecule has 0 amide bonds. The van der Waals surface area contributed by atoms with Gasteiger partial charge in [-0.05, 0) is 17.7 Å². The molecule has 94 valence electrons. The van der Waals surface area contributed by atoms with Gasteiger partial charge in [-0.2, -0.15) is 0 Å². The molecule has 0 aliphatic rings. The molecular weight excluding hydrogens is 244 g/mol. The largest absolute Gasteiger partial charge is 0.481 e. The van der Waals surface area contributed by atoms with Crippen molar-refractivity contribution in [3.05, 3.63) is 29.8 Å². The Kier molecular flexibility index (Phi) is 4.62. The molecule has 6 nitrogen and oxygen atoms in total. The van der Waals surface area contributed by atoms with Crippen LogP contribution in [0.3, 0.4) is 0 Å². The molecule has 0 saturated heterocycles. The van der Waals surface area contributed by atoms with Crippen molar-refractivity contribution in [2.75, 3.05) is 13.1 Å². The van der Waals surface area contributed by atoms with E-state index >= 15 is 0 Å².